The number of hydrogen-bond acceptors (Lipinski definition) is 2. The molecule has 20 heavy (non-hydrogen) atoms. The third kappa shape index (κ3) is 5.44. The summed E-state index contributed by atoms with van der Waals surface area (Å²) in [6, 6.07) is 9.34. The fourth-order valence-electron chi connectivity index (χ4n) is 2.66. The number of nitriles is 1. The predicted octanol–water partition coefficient (Wildman–Crippen LogP) is 3.70. The highest BCUT2D eigenvalue weighted by atomic mass is 16.1. The molecular weight excluding hydrogens is 248 g/mol. The van der Waals surface area contributed by atoms with Crippen LogP contribution in [-0.4, -0.2) is 11.4 Å². The molecule has 1 aromatic rings. The minimum absolute atomic E-state index is 0.0842. The molecule has 0 unspecified atom stereocenters. The van der Waals surface area contributed by atoms with Gasteiger partial charge < -0.3 is 5.32 Å². The highest BCUT2D eigenvalue weighted by Gasteiger charge is 2.27. The lowest BCUT2D eigenvalue weighted by Gasteiger charge is -2.33. The first-order chi connectivity index (χ1) is 9.13. The Bertz CT molecular complexity index is 519. The van der Waals surface area contributed by atoms with Gasteiger partial charge in [-0.1, -0.05) is 32.9 Å². The second-order valence-corrected chi connectivity index (χ2v) is 7.11. The van der Waals surface area contributed by atoms with Crippen molar-refractivity contribution < 1.29 is 4.79 Å². The summed E-state index contributed by atoms with van der Waals surface area (Å²) in [5.74, 6) is -0.0842. The molecule has 0 bridgehead atoms. The van der Waals surface area contributed by atoms with Crippen molar-refractivity contribution in [1.82, 2.24) is 5.32 Å². The maximum absolute atomic E-state index is 12.3. The van der Waals surface area contributed by atoms with Crippen molar-refractivity contribution in [2.45, 2.75) is 53.0 Å². The number of nitrogens with zero attached hydrogens (tertiary/aromatic N) is 1. The molecule has 0 saturated heterocycles. The van der Waals surface area contributed by atoms with Crippen LogP contribution in [0.15, 0.2) is 24.3 Å². The molecule has 3 heteroatoms. The number of carbonyl (C=O) groups is 1. The van der Waals surface area contributed by atoms with Crippen molar-refractivity contribution in [3.63, 3.8) is 0 Å². The fraction of sp³-hybridized carbons (Fsp3) is 0.529. The third-order valence-electron chi connectivity index (χ3n) is 2.90. The van der Waals surface area contributed by atoms with Crippen molar-refractivity contribution in [2.24, 2.45) is 5.41 Å². The van der Waals surface area contributed by atoms with Crippen molar-refractivity contribution >= 4 is 5.91 Å². The van der Waals surface area contributed by atoms with Gasteiger partial charge >= 0.3 is 0 Å². The minimum Gasteiger partial charge on any atom is -0.347 e. The first kappa shape index (κ1) is 16.2. The summed E-state index contributed by atoms with van der Waals surface area (Å²) in [6.45, 7) is 10.6. The van der Waals surface area contributed by atoms with Crippen LogP contribution in [0.3, 0.4) is 0 Å². The Morgan fingerprint density at radius 3 is 2.45 bits per heavy atom. The molecule has 1 amide bonds. The normalized spacial score (nSPS) is 11.8. The Morgan fingerprint density at radius 1 is 1.25 bits per heavy atom. The zero-order valence-corrected chi connectivity index (χ0v) is 13.1. The first-order valence-corrected chi connectivity index (χ1v) is 6.91. The molecule has 108 valence electrons. The van der Waals surface area contributed by atoms with Crippen molar-refractivity contribution in [3.8, 4) is 6.07 Å². The highest BCUT2D eigenvalue weighted by Crippen LogP contribution is 2.27. The maximum Gasteiger partial charge on any atom is 0.251 e. The molecule has 0 aliphatic heterocycles. The molecular formula is C17H24N2O. The molecule has 0 spiro atoms. The number of benzene rings is 1. The van der Waals surface area contributed by atoms with E-state index < -0.39 is 0 Å². The van der Waals surface area contributed by atoms with Gasteiger partial charge in [-0.3, -0.25) is 4.79 Å². The van der Waals surface area contributed by atoms with Gasteiger partial charge in [0.2, 0.25) is 0 Å². The molecule has 0 aliphatic carbocycles. The zero-order valence-electron chi connectivity index (χ0n) is 13.1. The molecule has 0 atom stereocenters. The molecule has 0 aromatic heterocycles. The molecule has 0 fully saturated rings. The van der Waals surface area contributed by atoms with Crippen LogP contribution in [-0.2, 0) is 6.42 Å². The van der Waals surface area contributed by atoms with Gasteiger partial charge in [-0.25, -0.2) is 0 Å². The minimum atomic E-state index is -0.263. The van der Waals surface area contributed by atoms with Gasteiger partial charge in [-0.05, 0) is 43.4 Å². The summed E-state index contributed by atoms with van der Waals surface area (Å²) in [5.41, 5.74) is 1.37. The molecule has 1 N–H and O–H groups in total. The maximum atomic E-state index is 12.3. The number of rotatable bonds is 4. The Balaban J connectivity index is 2.81. The first-order valence-electron chi connectivity index (χ1n) is 6.91. The molecule has 0 aliphatic rings. The number of nitrogens with one attached hydrogen (secondary N) is 1. The van der Waals surface area contributed by atoms with Crippen LogP contribution in [0.5, 0.6) is 0 Å². The smallest absolute Gasteiger partial charge is 0.251 e. The fourth-order valence-corrected chi connectivity index (χ4v) is 2.66. The van der Waals surface area contributed by atoms with E-state index in [0.29, 0.717) is 12.0 Å². The lowest BCUT2D eigenvalue weighted by molar-refractivity contribution is 0.0891. The van der Waals surface area contributed by atoms with Crippen LogP contribution in [0.25, 0.3) is 0 Å². The number of hydrogen-bond donors (Lipinski definition) is 1. The largest absolute Gasteiger partial charge is 0.347 e. The van der Waals surface area contributed by atoms with Gasteiger partial charge in [-0.15, -0.1) is 0 Å². The summed E-state index contributed by atoms with van der Waals surface area (Å²) in [4.78, 5) is 12.3. The second kappa shape index (κ2) is 6.09. The van der Waals surface area contributed by atoms with E-state index >= 15 is 0 Å². The monoisotopic (exact) mass is 272 g/mol. The van der Waals surface area contributed by atoms with Gasteiger partial charge in [0.1, 0.15) is 0 Å². The van der Waals surface area contributed by atoms with Crippen LogP contribution in [0.2, 0.25) is 0 Å². The molecule has 0 radical (unpaired) electrons. The van der Waals surface area contributed by atoms with Crippen molar-refractivity contribution in [2.75, 3.05) is 0 Å². The van der Waals surface area contributed by atoms with Gasteiger partial charge in [0.15, 0.2) is 0 Å². The van der Waals surface area contributed by atoms with Crippen LogP contribution >= 0.6 is 0 Å². The molecule has 3 nitrogen and oxygen atoms in total. The quantitative estimate of drug-likeness (QED) is 0.908. The van der Waals surface area contributed by atoms with Crippen LogP contribution < -0.4 is 5.32 Å². The SMILES string of the molecule is CC(C)(C)CC(C)(C)NC(=O)c1cccc(CC#N)c1. The molecule has 1 aromatic carbocycles. The lowest BCUT2D eigenvalue weighted by atomic mass is 9.81. The second-order valence-electron chi connectivity index (χ2n) is 7.11. The van der Waals surface area contributed by atoms with Crippen molar-refractivity contribution in [1.29, 1.82) is 5.26 Å². The van der Waals surface area contributed by atoms with E-state index in [0.717, 1.165) is 12.0 Å². The van der Waals surface area contributed by atoms with E-state index in [4.69, 9.17) is 5.26 Å². The Morgan fingerprint density at radius 2 is 1.90 bits per heavy atom. The summed E-state index contributed by atoms with van der Waals surface area (Å²) >= 11 is 0. The van der Waals surface area contributed by atoms with Gasteiger partial charge in [0, 0.05) is 11.1 Å². The van der Waals surface area contributed by atoms with Crippen LogP contribution in [0, 0.1) is 16.7 Å². The van der Waals surface area contributed by atoms with Crippen molar-refractivity contribution in [3.05, 3.63) is 35.4 Å². The van der Waals surface area contributed by atoms with Crippen LogP contribution in [0.1, 0.15) is 57.0 Å². The topological polar surface area (TPSA) is 52.9 Å². The number of amides is 1. The summed E-state index contributed by atoms with van der Waals surface area (Å²) in [6.07, 6.45) is 1.22. The Labute approximate surface area is 122 Å². The third-order valence-corrected chi connectivity index (χ3v) is 2.90. The summed E-state index contributed by atoms with van der Waals surface area (Å²) in [5, 5.41) is 11.8. The average Bonchev–Trinajstić information content (AvgIpc) is 2.25. The number of carbonyl (C=O) groups excluding carboxylic acids is 1. The van der Waals surface area contributed by atoms with E-state index in [2.05, 4.69) is 32.2 Å². The average molecular weight is 272 g/mol. The van der Waals surface area contributed by atoms with E-state index in [-0.39, 0.29) is 16.9 Å². The lowest BCUT2D eigenvalue weighted by Crippen LogP contribution is -2.45. The Kier molecular flexibility index (Phi) is 4.94. The van der Waals surface area contributed by atoms with E-state index in [1.807, 2.05) is 26.0 Å². The van der Waals surface area contributed by atoms with Gasteiger partial charge in [0.25, 0.3) is 5.91 Å². The summed E-state index contributed by atoms with van der Waals surface area (Å²) < 4.78 is 0. The summed E-state index contributed by atoms with van der Waals surface area (Å²) in [7, 11) is 0. The molecule has 1 rings (SSSR count). The highest BCUT2D eigenvalue weighted by molar-refractivity contribution is 5.94. The van der Waals surface area contributed by atoms with E-state index in [1.165, 1.54) is 0 Å². The molecule has 0 heterocycles. The standard InChI is InChI=1S/C17H24N2O/c1-16(2,3)12-17(4,5)19-15(20)14-8-6-7-13(11-14)9-10-18/h6-8,11H,9,12H2,1-5H3,(H,19,20). The van der Waals surface area contributed by atoms with E-state index in [1.54, 1.807) is 12.1 Å². The van der Waals surface area contributed by atoms with Gasteiger partial charge in [-0.2, -0.15) is 5.26 Å². The van der Waals surface area contributed by atoms with Gasteiger partial charge in [0.05, 0.1) is 12.5 Å². The zero-order chi connectivity index (χ0) is 15.4. The predicted molar refractivity (Wildman–Crippen MR) is 81.4 cm³/mol. The molecule has 0 saturated carbocycles. The van der Waals surface area contributed by atoms with E-state index in [9.17, 15) is 4.79 Å². The Hall–Kier alpha value is -1.82. The van der Waals surface area contributed by atoms with Crippen LogP contribution in [0.4, 0.5) is 0 Å².